The first-order valence-electron chi connectivity index (χ1n) is 4.20. The lowest BCUT2D eigenvalue weighted by Gasteiger charge is -2.14. The predicted molar refractivity (Wildman–Crippen MR) is 51.4 cm³/mol. The second kappa shape index (κ2) is 4.17. The van der Waals surface area contributed by atoms with E-state index in [-0.39, 0.29) is 0 Å². The average molecular weight is 195 g/mol. The van der Waals surface area contributed by atoms with Crippen molar-refractivity contribution in [2.75, 3.05) is 0 Å². The highest BCUT2D eigenvalue weighted by Crippen LogP contribution is 2.13. The van der Waals surface area contributed by atoms with Gasteiger partial charge in [0.2, 0.25) is 5.91 Å². The molecule has 5 nitrogen and oxygen atoms in total. The number of amides is 1. The highest BCUT2D eigenvalue weighted by atomic mass is 16.3. The Hall–Kier alpha value is -1.46. The second-order valence-electron chi connectivity index (χ2n) is 3.14. The van der Waals surface area contributed by atoms with Gasteiger partial charge in [-0.1, -0.05) is 0 Å². The summed E-state index contributed by atoms with van der Waals surface area (Å²) in [6.07, 6.45) is 2.17. The van der Waals surface area contributed by atoms with Gasteiger partial charge in [-0.3, -0.25) is 9.78 Å². The molecule has 0 aliphatic rings. The van der Waals surface area contributed by atoms with E-state index in [4.69, 9.17) is 11.5 Å². The number of hydrogen-bond acceptors (Lipinski definition) is 4. The van der Waals surface area contributed by atoms with Crippen LogP contribution in [0.3, 0.4) is 0 Å². The van der Waals surface area contributed by atoms with Gasteiger partial charge in [0.1, 0.15) is 0 Å². The first-order chi connectivity index (χ1) is 6.52. The number of primary amides is 1. The summed E-state index contributed by atoms with van der Waals surface area (Å²) < 4.78 is 0. The van der Waals surface area contributed by atoms with Crippen molar-refractivity contribution >= 4 is 5.91 Å². The van der Waals surface area contributed by atoms with Crippen LogP contribution in [-0.4, -0.2) is 22.1 Å². The molecule has 1 aromatic heterocycles. The van der Waals surface area contributed by atoms with Crippen LogP contribution in [0.4, 0.5) is 0 Å². The Morgan fingerprint density at radius 3 is 2.71 bits per heavy atom. The number of carbonyl (C=O) groups is 1. The molecule has 0 bridgehead atoms. The minimum Gasteiger partial charge on any atom is -0.391 e. The van der Waals surface area contributed by atoms with E-state index in [9.17, 15) is 9.90 Å². The summed E-state index contributed by atoms with van der Waals surface area (Å²) in [6.45, 7) is 1.57. The van der Waals surface area contributed by atoms with Crippen molar-refractivity contribution in [3.8, 4) is 0 Å². The number of nitrogens with zero attached hydrogens (tertiary/aromatic N) is 1. The Morgan fingerprint density at radius 2 is 2.21 bits per heavy atom. The summed E-state index contributed by atoms with van der Waals surface area (Å²) in [6, 6.07) is 0.981. The molecule has 0 aliphatic carbocycles. The third-order valence-electron chi connectivity index (χ3n) is 1.95. The van der Waals surface area contributed by atoms with Crippen molar-refractivity contribution in [1.82, 2.24) is 4.98 Å². The van der Waals surface area contributed by atoms with E-state index >= 15 is 0 Å². The smallest absolute Gasteiger partial charge is 0.250 e. The molecular formula is C9H13N3O2. The maximum absolute atomic E-state index is 10.8. The molecule has 5 N–H and O–H groups in total. The predicted octanol–water partition coefficient (Wildman–Crippen LogP) is -0.439. The molecule has 1 heterocycles. The molecule has 1 rings (SSSR count). The van der Waals surface area contributed by atoms with Crippen LogP contribution in [0.5, 0.6) is 0 Å². The van der Waals surface area contributed by atoms with E-state index in [1.807, 2.05) is 0 Å². The molecule has 0 saturated heterocycles. The van der Waals surface area contributed by atoms with Gasteiger partial charge in [-0.15, -0.1) is 0 Å². The van der Waals surface area contributed by atoms with Crippen molar-refractivity contribution in [3.63, 3.8) is 0 Å². The van der Waals surface area contributed by atoms with Gasteiger partial charge in [0.15, 0.2) is 0 Å². The van der Waals surface area contributed by atoms with Gasteiger partial charge >= 0.3 is 0 Å². The maximum atomic E-state index is 10.8. The summed E-state index contributed by atoms with van der Waals surface area (Å²) in [5.41, 5.74) is 11.6. The van der Waals surface area contributed by atoms with E-state index in [0.717, 1.165) is 0 Å². The van der Waals surface area contributed by atoms with Crippen LogP contribution in [-0.2, 0) is 0 Å². The van der Waals surface area contributed by atoms with E-state index in [2.05, 4.69) is 4.98 Å². The summed E-state index contributed by atoms with van der Waals surface area (Å²) in [5.74, 6) is -0.558. The summed E-state index contributed by atoms with van der Waals surface area (Å²) in [5, 5.41) is 9.23. The fourth-order valence-electron chi connectivity index (χ4n) is 1.05. The molecule has 0 spiro atoms. The molecule has 1 aromatic rings. The number of hydrogen-bond donors (Lipinski definition) is 3. The van der Waals surface area contributed by atoms with Gasteiger partial charge in [-0.05, 0) is 18.6 Å². The first kappa shape index (κ1) is 10.6. The van der Waals surface area contributed by atoms with Crippen LogP contribution >= 0.6 is 0 Å². The summed E-state index contributed by atoms with van der Waals surface area (Å²) in [4.78, 5) is 14.6. The van der Waals surface area contributed by atoms with Gasteiger partial charge in [0.05, 0.1) is 17.7 Å². The summed E-state index contributed by atoms with van der Waals surface area (Å²) >= 11 is 0. The second-order valence-corrected chi connectivity index (χ2v) is 3.14. The normalized spacial score (nSPS) is 14.8. The minimum atomic E-state index is -0.695. The van der Waals surface area contributed by atoms with E-state index < -0.39 is 18.1 Å². The Bertz CT molecular complexity index is 339. The zero-order valence-electron chi connectivity index (χ0n) is 7.84. The van der Waals surface area contributed by atoms with E-state index in [0.29, 0.717) is 11.1 Å². The third-order valence-corrected chi connectivity index (χ3v) is 1.95. The van der Waals surface area contributed by atoms with Gasteiger partial charge in [0.25, 0.3) is 0 Å². The zero-order chi connectivity index (χ0) is 10.7. The SMILES string of the molecule is CC(O)C(N)c1cncc(C(N)=O)c1. The lowest BCUT2D eigenvalue weighted by molar-refractivity contribution is 0.0999. The average Bonchev–Trinajstić information content (AvgIpc) is 2.16. The maximum Gasteiger partial charge on any atom is 0.250 e. The van der Waals surface area contributed by atoms with Crippen LogP contribution in [0.15, 0.2) is 18.5 Å². The highest BCUT2D eigenvalue weighted by molar-refractivity contribution is 5.92. The van der Waals surface area contributed by atoms with Crippen molar-refractivity contribution in [1.29, 1.82) is 0 Å². The van der Waals surface area contributed by atoms with E-state index in [1.165, 1.54) is 18.5 Å². The fraction of sp³-hybridized carbons (Fsp3) is 0.333. The molecule has 1 amide bonds. The van der Waals surface area contributed by atoms with Crippen LogP contribution in [0.1, 0.15) is 28.9 Å². The zero-order valence-corrected chi connectivity index (χ0v) is 7.84. The molecule has 0 aliphatic heterocycles. The molecule has 0 radical (unpaired) electrons. The molecule has 0 fully saturated rings. The number of aliphatic hydroxyl groups excluding tert-OH is 1. The van der Waals surface area contributed by atoms with Crippen LogP contribution < -0.4 is 11.5 Å². The highest BCUT2D eigenvalue weighted by Gasteiger charge is 2.13. The third kappa shape index (κ3) is 2.27. The van der Waals surface area contributed by atoms with Gasteiger partial charge in [0, 0.05) is 12.4 Å². The van der Waals surface area contributed by atoms with Gasteiger partial charge in [-0.25, -0.2) is 0 Å². The number of carbonyl (C=O) groups excluding carboxylic acids is 1. The fourth-order valence-corrected chi connectivity index (χ4v) is 1.05. The monoisotopic (exact) mass is 195 g/mol. The molecule has 0 saturated carbocycles. The largest absolute Gasteiger partial charge is 0.391 e. The Balaban J connectivity index is 2.99. The number of aliphatic hydroxyl groups is 1. The number of nitrogens with two attached hydrogens (primary N) is 2. The van der Waals surface area contributed by atoms with Crippen molar-refractivity contribution < 1.29 is 9.90 Å². The lowest BCUT2D eigenvalue weighted by Crippen LogP contribution is -2.24. The standard InChI is InChI=1S/C9H13N3O2/c1-5(13)8(10)6-2-7(9(11)14)4-12-3-6/h2-5,8,13H,10H2,1H3,(H2,11,14). The molecule has 2 atom stereocenters. The molecule has 76 valence electrons. The minimum absolute atomic E-state index is 0.290. The molecule has 14 heavy (non-hydrogen) atoms. The van der Waals surface area contributed by atoms with Crippen molar-refractivity contribution in [2.45, 2.75) is 19.1 Å². The topological polar surface area (TPSA) is 102 Å². The Labute approximate surface area is 81.7 Å². The molecule has 5 heteroatoms. The Kier molecular flexibility index (Phi) is 3.16. The molecular weight excluding hydrogens is 182 g/mol. The van der Waals surface area contributed by atoms with Gasteiger partial charge in [-0.2, -0.15) is 0 Å². The molecule has 0 aromatic carbocycles. The number of aromatic nitrogens is 1. The number of pyridine rings is 1. The number of rotatable bonds is 3. The molecule has 2 unspecified atom stereocenters. The Morgan fingerprint density at radius 1 is 1.57 bits per heavy atom. The van der Waals surface area contributed by atoms with E-state index in [1.54, 1.807) is 6.92 Å². The van der Waals surface area contributed by atoms with Crippen molar-refractivity contribution in [2.24, 2.45) is 11.5 Å². The van der Waals surface area contributed by atoms with Gasteiger partial charge < -0.3 is 16.6 Å². The van der Waals surface area contributed by atoms with Crippen LogP contribution in [0.2, 0.25) is 0 Å². The lowest BCUT2D eigenvalue weighted by atomic mass is 10.0. The van der Waals surface area contributed by atoms with Crippen molar-refractivity contribution in [3.05, 3.63) is 29.6 Å². The van der Waals surface area contributed by atoms with Crippen LogP contribution in [0.25, 0.3) is 0 Å². The first-order valence-corrected chi connectivity index (χ1v) is 4.20. The quantitative estimate of drug-likeness (QED) is 0.608. The van der Waals surface area contributed by atoms with Crippen LogP contribution in [0, 0.1) is 0 Å². The summed E-state index contributed by atoms with van der Waals surface area (Å²) in [7, 11) is 0.